The summed E-state index contributed by atoms with van der Waals surface area (Å²) in [6, 6.07) is 0. The van der Waals surface area contributed by atoms with Crippen molar-refractivity contribution in [3.63, 3.8) is 0 Å². The number of fused-ring (bicyclic) bond motifs is 1. The normalized spacial score (nSPS) is 19.0. The van der Waals surface area contributed by atoms with E-state index in [1.165, 1.54) is 0 Å². The first-order valence-corrected chi connectivity index (χ1v) is 6.01. The van der Waals surface area contributed by atoms with Gasteiger partial charge in [0.2, 0.25) is 5.91 Å². The number of hydrogen-bond donors (Lipinski definition) is 0. The average molecular weight is 233 g/mol. The molecule has 3 rings (SSSR count). The van der Waals surface area contributed by atoms with Crippen LogP contribution in [0.5, 0.6) is 0 Å². The molecule has 1 saturated carbocycles. The number of nitrogens with zero attached hydrogens (tertiary/aromatic N) is 3. The van der Waals surface area contributed by atoms with Gasteiger partial charge in [0.05, 0.1) is 6.54 Å². The Morgan fingerprint density at radius 2 is 2.12 bits per heavy atom. The summed E-state index contributed by atoms with van der Waals surface area (Å²) in [5, 5.41) is 0. The Morgan fingerprint density at radius 1 is 1.35 bits per heavy atom. The van der Waals surface area contributed by atoms with Crippen molar-refractivity contribution in [1.29, 1.82) is 0 Å². The number of ketones is 1. The molecule has 5 heteroatoms. The summed E-state index contributed by atoms with van der Waals surface area (Å²) >= 11 is 0. The van der Waals surface area contributed by atoms with Crippen LogP contribution in [0.4, 0.5) is 0 Å². The Kier molecular flexibility index (Phi) is 2.28. The summed E-state index contributed by atoms with van der Waals surface area (Å²) < 4.78 is 2.00. The van der Waals surface area contributed by atoms with E-state index < -0.39 is 0 Å². The smallest absolute Gasteiger partial charge is 0.219 e. The predicted octanol–water partition coefficient (Wildman–Crippen LogP) is 0.838. The van der Waals surface area contributed by atoms with Crippen LogP contribution in [-0.2, 0) is 17.9 Å². The lowest BCUT2D eigenvalue weighted by atomic mass is 10.2. The van der Waals surface area contributed by atoms with Gasteiger partial charge in [0.15, 0.2) is 5.78 Å². The summed E-state index contributed by atoms with van der Waals surface area (Å²) in [5.41, 5.74) is 0.577. The van der Waals surface area contributed by atoms with Gasteiger partial charge in [-0.3, -0.25) is 9.59 Å². The Morgan fingerprint density at radius 3 is 2.76 bits per heavy atom. The number of amides is 1. The minimum atomic E-state index is 0.0642. The van der Waals surface area contributed by atoms with Gasteiger partial charge in [-0.05, 0) is 12.8 Å². The van der Waals surface area contributed by atoms with Gasteiger partial charge in [0, 0.05) is 32.1 Å². The van der Waals surface area contributed by atoms with Gasteiger partial charge in [-0.15, -0.1) is 0 Å². The second-order valence-electron chi connectivity index (χ2n) is 4.81. The molecule has 1 aromatic rings. The molecule has 1 aliphatic heterocycles. The topological polar surface area (TPSA) is 55.2 Å². The van der Waals surface area contributed by atoms with Crippen LogP contribution in [0.2, 0.25) is 0 Å². The van der Waals surface area contributed by atoms with E-state index in [4.69, 9.17) is 0 Å². The van der Waals surface area contributed by atoms with E-state index in [1.54, 1.807) is 11.8 Å². The number of carbonyl (C=O) groups excluding carboxylic acids is 2. The lowest BCUT2D eigenvalue weighted by Crippen LogP contribution is -2.36. The first kappa shape index (κ1) is 10.5. The molecule has 0 N–H and O–H groups in total. The monoisotopic (exact) mass is 233 g/mol. The van der Waals surface area contributed by atoms with Crippen LogP contribution >= 0.6 is 0 Å². The minimum Gasteiger partial charge on any atom is -0.334 e. The molecule has 0 unspecified atom stereocenters. The minimum absolute atomic E-state index is 0.0642. The lowest BCUT2D eigenvalue weighted by Gasteiger charge is -2.26. The highest BCUT2D eigenvalue weighted by Gasteiger charge is 2.33. The van der Waals surface area contributed by atoms with Gasteiger partial charge < -0.3 is 9.47 Å². The molecule has 90 valence electrons. The molecule has 5 nitrogen and oxygen atoms in total. The van der Waals surface area contributed by atoms with E-state index in [1.807, 2.05) is 10.8 Å². The number of hydrogen-bond acceptors (Lipinski definition) is 3. The fraction of sp³-hybridized carbons (Fsp3) is 0.583. The molecule has 2 aliphatic rings. The maximum absolute atomic E-state index is 11.9. The zero-order valence-corrected chi connectivity index (χ0v) is 9.85. The zero-order valence-electron chi connectivity index (χ0n) is 9.85. The van der Waals surface area contributed by atoms with Gasteiger partial charge in [-0.25, -0.2) is 4.98 Å². The molecule has 0 spiro atoms. The second kappa shape index (κ2) is 3.68. The summed E-state index contributed by atoms with van der Waals surface area (Å²) in [6.07, 6.45) is 3.84. The first-order valence-electron chi connectivity index (χ1n) is 6.01. The van der Waals surface area contributed by atoms with Gasteiger partial charge in [-0.1, -0.05) is 0 Å². The highest BCUT2D eigenvalue weighted by atomic mass is 16.2. The molecule has 2 heterocycles. The number of Topliss-reactive ketones (excluding diaryl/α,β-unsaturated/α-hetero) is 1. The summed E-state index contributed by atoms with van der Waals surface area (Å²) in [7, 11) is 0. The number of aromatic nitrogens is 2. The van der Waals surface area contributed by atoms with Gasteiger partial charge in [0.25, 0.3) is 0 Å². The molecular formula is C12H15N3O2. The largest absolute Gasteiger partial charge is 0.334 e. The van der Waals surface area contributed by atoms with Crippen LogP contribution in [0.3, 0.4) is 0 Å². The summed E-state index contributed by atoms with van der Waals surface area (Å²) in [5.74, 6) is 1.27. The van der Waals surface area contributed by atoms with Gasteiger partial charge in [0.1, 0.15) is 11.5 Å². The van der Waals surface area contributed by atoms with Crippen LogP contribution < -0.4 is 0 Å². The van der Waals surface area contributed by atoms with E-state index in [9.17, 15) is 9.59 Å². The number of imidazole rings is 1. The van der Waals surface area contributed by atoms with Crippen molar-refractivity contribution in [1.82, 2.24) is 14.5 Å². The predicted molar refractivity (Wildman–Crippen MR) is 60.4 cm³/mol. The van der Waals surface area contributed by atoms with Crippen LogP contribution in [-0.4, -0.2) is 32.7 Å². The summed E-state index contributed by atoms with van der Waals surface area (Å²) in [6.45, 7) is 3.53. The van der Waals surface area contributed by atoms with Crippen LogP contribution in [0.25, 0.3) is 0 Å². The van der Waals surface area contributed by atoms with E-state index in [2.05, 4.69) is 4.98 Å². The van der Waals surface area contributed by atoms with E-state index in [-0.39, 0.29) is 17.6 Å². The Labute approximate surface area is 99.4 Å². The molecule has 0 bridgehead atoms. The van der Waals surface area contributed by atoms with Crippen molar-refractivity contribution in [2.24, 2.45) is 5.92 Å². The molecule has 0 aromatic carbocycles. The molecule has 1 amide bonds. The third kappa shape index (κ3) is 1.85. The molecule has 1 fully saturated rings. The summed E-state index contributed by atoms with van der Waals surface area (Å²) in [4.78, 5) is 29.3. The third-order valence-electron chi connectivity index (χ3n) is 3.45. The molecule has 1 aliphatic carbocycles. The first-order chi connectivity index (χ1) is 8.15. The van der Waals surface area contributed by atoms with Gasteiger partial charge in [-0.2, -0.15) is 0 Å². The Balaban J connectivity index is 1.83. The molecule has 0 saturated heterocycles. The molecule has 0 atom stereocenters. The van der Waals surface area contributed by atoms with E-state index in [0.717, 1.165) is 25.2 Å². The van der Waals surface area contributed by atoms with Crippen molar-refractivity contribution in [3.05, 3.63) is 17.7 Å². The van der Waals surface area contributed by atoms with E-state index >= 15 is 0 Å². The lowest BCUT2D eigenvalue weighted by molar-refractivity contribution is -0.130. The SMILES string of the molecule is CC(=O)N1CCn2cc(C(=O)C3CC3)nc2C1. The zero-order chi connectivity index (χ0) is 12.0. The van der Waals surface area contributed by atoms with Crippen molar-refractivity contribution < 1.29 is 9.59 Å². The fourth-order valence-corrected chi connectivity index (χ4v) is 2.19. The average Bonchev–Trinajstić information content (AvgIpc) is 3.06. The fourth-order valence-electron chi connectivity index (χ4n) is 2.19. The maximum atomic E-state index is 11.9. The molecular weight excluding hydrogens is 218 g/mol. The van der Waals surface area contributed by atoms with Crippen molar-refractivity contribution in [2.75, 3.05) is 6.54 Å². The Hall–Kier alpha value is -1.65. The molecule has 0 radical (unpaired) electrons. The van der Waals surface area contributed by atoms with Crippen LogP contribution in [0.15, 0.2) is 6.20 Å². The number of carbonyl (C=O) groups is 2. The third-order valence-corrected chi connectivity index (χ3v) is 3.45. The van der Waals surface area contributed by atoms with Gasteiger partial charge >= 0.3 is 0 Å². The standard InChI is InChI=1S/C12H15N3O2/c1-8(16)14-4-5-15-6-10(13-11(15)7-14)12(17)9-2-3-9/h6,9H,2-5,7H2,1H3. The number of rotatable bonds is 2. The Bertz CT molecular complexity index is 488. The molecule has 17 heavy (non-hydrogen) atoms. The van der Waals surface area contributed by atoms with Crippen LogP contribution in [0, 0.1) is 5.92 Å². The van der Waals surface area contributed by atoms with Crippen molar-refractivity contribution in [2.45, 2.75) is 32.9 Å². The maximum Gasteiger partial charge on any atom is 0.219 e. The van der Waals surface area contributed by atoms with Crippen molar-refractivity contribution in [3.8, 4) is 0 Å². The van der Waals surface area contributed by atoms with Crippen LogP contribution in [0.1, 0.15) is 36.1 Å². The highest BCUT2D eigenvalue weighted by molar-refractivity contribution is 5.97. The molecule has 1 aromatic heterocycles. The second-order valence-corrected chi connectivity index (χ2v) is 4.81. The quantitative estimate of drug-likeness (QED) is 0.711. The highest BCUT2D eigenvalue weighted by Crippen LogP contribution is 2.32. The van der Waals surface area contributed by atoms with Crippen molar-refractivity contribution >= 4 is 11.7 Å². The van der Waals surface area contributed by atoms with E-state index in [0.29, 0.717) is 18.8 Å².